The van der Waals surface area contributed by atoms with Crippen molar-refractivity contribution in [3.8, 4) is 17.2 Å². The molecule has 0 atom stereocenters. The van der Waals surface area contributed by atoms with Crippen molar-refractivity contribution in [1.29, 1.82) is 0 Å². The molecule has 0 bridgehead atoms. The van der Waals surface area contributed by atoms with E-state index in [-0.39, 0.29) is 10.6 Å². The van der Waals surface area contributed by atoms with Crippen LogP contribution >= 0.6 is 0 Å². The summed E-state index contributed by atoms with van der Waals surface area (Å²) in [5, 5.41) is 0. The van der Waals surface area contributed by atoms with Gasteiger partial charge in [-0.1, -0.05) is 50.5 Å². The first kappa shape index (κ1) is 27.8. The van der Waals surface area contributed by atoms with Crippen LogP contribution < -0.4 is 18.5 Å². The van der Waals surface area contributed by atoms with Crippen LogP contribution in [0.15, 0.2) is 83.8 Å². The molecule has 0 unspecified atom stereocenters. The third-order valence-electron chi connectivity index (χ3n) is 5.65. The molecule has 8 heteroatoms. The van der Waals surface area contributed by atoms with Crippen LogP contribution in [0.25, 0.3) is 6.08 Å². The summed E-state index contributed by atoms with van der Waals surface area (Å²) in [5.41, 5.74) is 0.860. The molecule has 0 aromatic heterocycles. The maximum absolute atomic E-state index is 13.5. The number of hydrogen-bond donors (Lipinski definition) is 0. The lowest BCUT2D eigenvalue weighted by molar-refractivity contribution is -0.113. The van der Waals surface area contributed by atoms with Crippen LogP contribution in [0.1, 0.15) is 38.2 Å². The Hall–Kier alpha value is -3.78. The molecule has 3 rings (SSSR count). The third-order valence-corrected chi connectivity index (χ3v) is 7.39. The molecule has 3 aromatic rings. The van der Waals surface area contributed by atoms with Crippen molar-refractivity contribution in [2.45, 2.75) is 37.5 Å². The van der Waals surface area contributed by atoms with Crippen molar-refractivity contribution >= 4 is 27.7 Å². The van der Waals surface area contributed by atoms with Gasteiger partial charge in [0.1, 0.15) is 5.75 Å². The Morgan fingerprint density at radius 2 is 1.59 bits per heavy atom. The first-order valence-electron chi connectivity index (χ1n) is 12.2. The van der Waals surface area contributed by atoms with Crippen LogP contribution in [-0.4, -0.2) is 35.2 Å². The zero-order valence-electron chi connectivity index (χ0n) is 21.4. The van der Waals surface area contributed by atoms with Crippen molar-refractivity contribution in [1.82, 2.24) is 0 Å². The van der Waals surface area contributed by atoms with E-state index >= 15 is 0 Å². The zero-order valence-corrected chi connectivity index (χ0v) is 22.2. The highest BCUT2D eigenvalue weighted by Gasteiger charge is 2.29. The minimum atomic E-state index is -4.17. The Morgan fingerprint density at radius 1 is 0.865 bits per heavy atom. The van der Waals surface area contributed by atoms with E-state index in [9.17, 15) is 13.2 Å². The van der Waals surface area contributed by atoms with Gasteiger partial charge in [-0.15, -0.1) is 0 Å². The van der Waals surface area contributed by atoms with Gasteiger partial charge in [0.2, 0.25) is 0 Å². The summed E-state index contributed by atoms with van der Waals surface area (Å²) in [4.78, 5) is 13.3. The maximum Gasteiger partial charge on any atom is 0.271 e. The van der Waals surface area contributed by atoms with Gasteiger partial charge in [-0.2, -0.15) is 4.31 Å². The monoisotopic (exact) mass is 523 g/mol. The predicted octanol–water partition coefficient (Wildman–Crippen LogP) is 6.10. The molecule has 0 aliphatic heterocycles. The van der Waals surface area contributed by atoms with E-state index in [1.165, 1.54) is 43.9 Å². The average Bonchev–Trinajstić information content (AvgIpc) is 2.93. The normalized spacial score (nSPS) is 11.3. The number of anilines is 1. The number of rotatable bonds is 13. The molecule has 0 heterocycles. The Balaban J connectivity index is 1.86. The van der Waals surface area contributed by atoms with Crippen LogP contribution in [0.4, 0.5) is 5.69 Å². The summed E-state index contributed by atoms with van der Waals surface area (Å²) in [5.74, 6) is 0.982. The summed E-state index contributed by atoms with van der Waals surface area (Å²) in [7, 11) is -1.10. The lowest BCUT2D eigenvalue weighted by Crippen LogP contribution is -2.35. The number of amides is 1. The lowest BCUT2D eigenvalue weighted by atomic mass is 10.2. The fourth-order valence-corrected chi connectivity index (χ4v) is 5.06. The Kier molecular flexibility index (Phi) is 10.1. The number of unbranched alkanes of at least 4 members (excludes halogenated alkanes) is 3. The summed E-state index contributed by atoms with van der Waals surface area (Å²) in [6.07, 6.45) is 7.18. The van der Waals surface area contributed by atoms with E-state index in [1.54, 1.807) is 61.7 Å². The minimum Gasteiger partial charge on any atom is -0.497 e. The van der Waals surface area contributed by atoms with Crippen LogP contribution in [-0.2, 0) is 14.8 Å². The summed E-state index contributed by atoms with van der Waals surface area (Å²) >= 11 is 0. The van der Waals surface area contributed by atoms with Crippen molar-refractivity contribution in [2.24, 2.45) is 0 Å². The van der Waals surface area contributed by atoms with Gasteiger partial charge in [0.25, 0.3) is 15.9 Å². The van der Waals surface area contributed by atoms with Crippen molar-refractivity contribution in [3.05, 3.63) is 84.4 Å². The zero-order chi connectivity index (χ0) is 26.7. The second-order valence-electron chi connectivity index (χ2n) is 8.27. The van der Waals surface area contributed by atoms with E-state index in [1.807, 2.05) is 0 Å². The maximum atomic E-state index is 13.5. The summed E-state index contributed by atoms with van der Waals surface area (Å²) in [6, 6.07) is 19.4. The van der Waals surface area contributed by atoms with Crippen LogP contribution in [0.2, 0.25) is 0 Å². The van der Waals surface area contributed by atoms with E-state index in [0.29, 0.717) is 29.4 Å². The molecule has 0 aliphatic rings. The first-order valence-corrected chi connectivity index (χ1v) is 13.6. The molecule has 0 aliphatic carbocycles. The number of hydrogen-bond acceptors (Lipinski definition) is 6. The average molecular weight is 524 g/mol. The highest BCUT2D eigenvalue weighted by molar-refractivity contribution is 7.93. The van der Waals surface area contributed by atoms with Crippen molar-refractivity contribution in [3.63, 3.8) is 0 Å². The summed E-state index contributed by atoms with van der Waals surface area (Å²) in [6.45, 7) is 2.76. The van der Waals surface area contributed by atoms with Gasteiger partial charge >= 0.3 is 0 Å². The van der Waals surface area contributed by atoms with Gasteiger partial charge in [-0.25, -0.2) is 8.42 Å². The van der Waals surface area contributed by atoms with Crippen LogP contribution in [0, 0.1) is 0 Å². The smallest absolute Gasteiger partial charge is 0.271 e. The van der Waals surface area contributed by atoms with Crippen LogP contribution in [0.3, 0.4) is 0 Å². The molecular weight excluding hydrogens is 490 g/mol. The second kappa shape index (κ2) is 13.5. The molecule has 0 N–H and O–H groups in total. The molecule has 3 aromatic carbocycles. The largest absolute Gasteiger partial charge is 0.497 e. The molecule has 0 fully saturated rings. The molecule has 0 saturated carbocycles. The Morgan fingerprint density at radius 3 is 2.24 bits per heavy atom. The van der Waals surface area contributed by atoms with Gasteiger partial charge in [-0.3, -0.25) is 4.79 Å². The fraction of sp³-hybridized carbons (Fsp3) is 0.276. The number of ether oxygens (including phenoxy) is 3. The van der Waals surface area contributed by atoms with Crippen molar-refractivity contribution < 1.29 is 27.4 Å². The van der Waals surface area contributed by atoms with E-state index < -0.39 is 15.9 Å². The molecule has 1 amide bonds. The molecule has 0 saturated heterocycles. The number of benzene rings is 3. The second-order valence-corrected chi connectivity index (χ2v) is 10.1. The van der Waals surface area contributed by atoms with Gasteiger partial charge in [0.05, 0.1) is 31.4 Å². The molecular formula is C29H33NO6S. The quantitative estimate of drug-likeness (QED) is 0.199. The highest BCUT2D eigenvalue weighted by Crippen LogP contribution is 2.30. The standard InChI is InChI=1S/C29H33NO6S/c1-4-5-6-10-21-36-27-19-13-23(22-28(27)35-3)14-20-29(31)30(24-15-17-25(34-2)18-16-24)37(32,33)26-11-8-7-9-12-26/h7-9,11-20,22H,4-6,10,21H2,1-3H3/b20-14+. The molecule has 0 radical (unpaired) electrons. The number of carbonyl (C=O) groups is 1. The molecule has 7 nitrogen and oxygen atoms in total. The van der Waals surface area contributed by atoms with Crippen molar-refractivity contribution in [2.75, 3.05) is 25.1 Å². The third kappa shape index (κ3) is 7.36. The Bertz CT molecular complexity index is 1290. The van der Waals surface area contributed by atoms with E-state index in [4.69, 9.17) is 14.2 Å². The number of nitrogens with zero attached hydrogens (tertiary/aromatic N) is 1. The predicted molar refractivity (Wildman–Crippen MR) is 146 cm³/mol. The van der Waals surface area contributed by atoms with Gasteiger partial charge in [0, 0.05) is 6.08 Å². The van der Waals surface area contributed by atoms with Gasteiger partial charge in [-0.05, 0) is 66.6 Å². The highest BCUT2D eigenvalue weighted by atomic mass is 32.2. The topological polar surface area (TPSA) is 82.1 Å². The minimum absolute atomic E-state index is 0.00896. The number of carbonyl (C=O) groups excluding carboxylic acids is 1. The molecule has 196 valence electrons. The lowest BCUT2D eigenvalue weighted by Gasteiger charge is -2.21. The van der Waals surface area contributed by atoms with Crippen LogP contribution in [0.5, 0.6) is 17.2 Å². The molecule has 37 heavy (non-hydrogen) atoms. The summed E-state index contributed by atoms with van der Waals surface area (Å²) < 4.78 is 44.2. The van der Waals surface area contributed by atoms with Gasteiger partial charge < -0.3 is 14.2 Å². The van der Waals surface area contributed by atoms with Gasteiger partial charge in [0.15, 0.2) is 11.5 Å². The SMILES string of the molecule is CCCCCCOc1ccc(/C=C/C(=O)N(c2ccc(OC)cc2)S(=O)(=O)c2ccccc2)cc1OC. The Labute approximate surface area is 219 Å². The number of methoxy groups -OCH3 is 2. The first-order chi connectivity index (χ1) is 17.9. The molecule has 0 spiro atoms. The fourth-order valence-electron chi connectivity index (χ4n) is 3.65. The van der Waals surface area contributed by atoms with E-state index in [0.717, 1.165) is 23.6 Å². The van der Waals surface area contributed by atoms with E-state index in [2.05, 4.69) is 6.92 Å². The number of sulfonamides is 1.